The van der Waals surface area contributed by atoms with E-state index < -0.39 is 12.0 Å². The van der Waals surface area contributed by atoms with E-state index in [1.165, 1.54) is 0 Å². The quantitative estimate of drug-likeness (QED) is 0.221. The van der Waals surface area contributed by atoms with Crippen LogP contribution in [0.2, 0.25) is 5.02 Å². The van der Waals surface area contributed by atoms with Gasteiger partial charge in [0.2, 0.25) is 0 Å². The SMILES string of the molecule is O=C(NNC(=O)c1ccc(Cl)c(-c2ccc(-c3ccccc3)cc2)c1)OCC1c2ccccc2-c2ccccc21. The molecule has 0 atom stereocenters. The number of rotatable bonds is 5. The molecule has 5 nitrogen and oxygen atoms in total. The van der Waals surface area contributed by atoms with Crippen LogP contribution in [0, 0.1) is 0 Å². The van der Waals surface area contributed by atoms with Crippen molar-refractivity contribution in [2.45, 2.75) is 5.92 Å². The average Bonchev–Trinajstić information content (AvgIpc) is 3.33. The van der Waals surface area contributed by atoms with Gasteiger partial charge in [-0.1, -0.05) is 115 Å². The highest BCUT2D eigenvalue weighted by Gasteiger charge is 2.29. The maximum Gasteiger partial charge on any atom is 0.426 e. The lowest BCUT2D eigenvalue weighted by Crippen LogP contribution is -2.42. The summed E-state index contributed by atoms with van der Waals surface area (Å²) < 4.78 is 5.50. The molecule has 6 heteroatoms. The van der Waals surface area contributed by atoms with Gasteiger partial charge in [0, 0.05) is 22.1 Å². The van der Waals surface area contributed by atoms with Gasteiger partial charge in [-0.2, -0.15) is 0 Å². The van der Waals surface area contributed by atoms with Gasteiger partial charge in [0.05, 0.1) is 0 Å². The van der Waals surface area contributed by atoms with Gasteiger partial charge in [0.15, 0.2) is 0 Å². The van der Waals surface area contributed by atoms with Crippen LogP contribution in [0.3, 0.4) is 0 Å². The molecule has 0 bridgehead atoms. The molecule has 0 spiro atoms. The van der Waals surface area contributed by atoms with E-state index in [2.05, 4.69) is 47.2 Å². The predicted octanol–water partition coefficient (Wildman–Crippen LogP) is 7.86. The van der Waals surface area contributed by atoms with Gasteiger partial charge in [-0.05, 0) is 57.1 Å². The minimum absolute atomic E-state index is 0.0686. The molecule has 196 valence electrons. The van der Waals surface area contributed by atoms with Crippen LogP contribution >= 0.6 is 11.6 Å². The van der Waals surface area contributed by atoms with Gasteiger partial charge in [-0.3, -0.25) is 10.2 Å². The minimum Gasteiger partial charge on any atom is -0.447 e. The number of nitrogens with one attached hydrogen (secondary N) is 2. The first-order chi connectivity index (χ1) is 19.6. The zero-order valence-electron chi connectivity index (χ0n) is 21.4. The Bertz CT molecular complexity index is 1660. The maximum atomic E-state index is 12.8. The number of hydrogen-bond acceptors (Lipinski definition) is 3. The van der Waals surface area contributed by atoms with Gasteiger partial charge in [0.25, 0.3) is 5.91 Å². The molecule has 5 aromatic rings. The summed E-state index contributed by atoms with van der Waals surface area (Å²) in [5.74, 6) is -0.548. The largest absolute Gasteiger partial charge is 0.447 e. The first-order valence-electron chi connectivity index (χ1n) is 13.0. The summed E-state index contributed by atoms with van der Waals surface area (Å²) in [6, 6.07) is 39.3. The molecular weight excluding hydrogens is 520 g/mol. The second kappa shape index (κ2) is 11.1. The van der Waals surface area contributed by atoms with Crippen LogP contribution in [0.5, 0.6) is 0 Å². The van der Waals surface area contributed by atoms with Gasteiger partial charge < -0.3 is 4.74 Å². The number of benzene rings is 5. The van der Waals surface area contributed by atoms with Crippen LogP contribution in [0.1, 0.15) is 27.4 Å². The summed E-state index contributed by atoms with van der Waals surface area (Å²) in [7, 11) is 0. The molecule has 2 N–H and O–H groups in total. The first kappa shape index (κ1) is 25.4. The molecule has 0 radical (unpaired) electrons. The minimum atomic E-state index is -0.735. The van der Waals surface area contributed by atoms with Crippen molar-refractivity contribution in [3.63, 3.8) is 0 Å². The molecule has 2 amide bonds. The monoisotopic (exact) mass is 544 g/mol. The van der Waals surface area contributed by atoms with Crippen molar-refractivity contribution in [2.24, 2.45) is 0 Å². The van der Waals surface area contributed by atoms with Crippen molar-refractivity contribution in [3.05, 3.63) is 143 Å². The number of carbonyl (C=O) groups is 2. The molecule has 0 aliphatic heterocycles. The smallest absolute Gasteiger partial charge is 0.426 e. The van der Waals surface area contributed by atoms with E-state index in [0.717, 1.165) is 44.5 Å². The second-order valence-electron chi connectivity index (χ2n) is 9.54. The van der Waals surface area contributed by atoms with E-state index in [4.69, 9.17) is 16.3 Å². The molecule has 0 heterocycles. The summed E-state index contributed by atoms with van der Waals surface area (Å²) in [6.45, 7) is 0.153. The third-order valence-corrected chi connectivity index (χ3v) is 7.48. The van der Waals surface area contributed by atoms with Gasteiger partial charge in [-0.15, -0.1) is 0 Å². The van der Waals surface area contributed by atoms with Gasteiger partial charge in [0.1, 0.15) is 6.61 Å². The Morgan fingerprint density at radius 1 is 0.625 bits per heavy atom. The fourth-order valence-corrected chi connectivity index (χ4v) is 5.40. The number of hydrogen-bond donors (Lipinski definition) is 2. The Balaban J connectivity index is 1.09. The lowest BCUT2D eigenvalue weighted by Gasteiger charge is -2.15. The summed E-state index contributed by atoms with van der Waals surface area (Å²) in [4.78, 5) is 25.3. The lowest BCUT2D eigenvalue weighted by molar-refractivity contribution is 0.0908. The van der Waals surface area contributed by atoms with Crippen LogP contribution in [-0.4, -0.2) is 18.6 Å². The topological polar surface area (TPSA) is 67.4 Å². The molecule has 0 fully saturated rings. The number of halogens is 1. The Morgan fingerprint density at radius 3 is 1.88 bits per heavy atom. The van der Waals surface area contributed by atoms with E-state index in [1.807, 2.05) is 66.7 Å². The standard InChI is InChI=1S/C34H25ClN2O3/c35-32-19-18-25(20-30(32)24-16-14-23(15-17-24)22-8-2-1-3-9-22)33(38)36-37-34(39)40-21-31-28-12-6-4-10-26(28)27-11-5-7-13-29(27)31/h1-20,31H,21H2,(H,36,38)(H,37,39). The molecule has 0 saturated heterocycles. The Morgan fingerprint density at radius 2 is 1.20 bits per heavy atom. The first-order valence-corrected chi connectivity index (χ1v) is 13.3. The molecular formula is C34H25ClN2O3. The van der Waals surface area contributed by atoms with Crippen LogP contribution in [-0.2, 0) is 4.74 Å². The number of amides is 2. The summed E-state index contributed by atoms with van der Waals surface area (Å²) in [5.41, 5.74) is 13.5. The molecule has 40 heavy (non-hydrogen) atoms. The molecule has 1 aliphatic carbocycles. The van der Waals surface area contributed by atoms with Crippen molar-refractivity contribution in [2.75, 3.05) is 6.61 Å². The second-order valence-corrected chi connectivity index (χ2v) is 9.95. The number of carbonyl (C=O) groups excluding carboxylic acids is 2. The van der Waals surface area contributed by atoms with E-state index in [0.29, 0.717) is 10.6 Å². The van der Waals surface area contributed by atoms with E-state index in [-0.39, 0.29) is 12.5 Å². The Kier molecular flexibility index (Phi) is 7.04. The number of hydrazine groups is 1. The highest BCUT2D eigenvalue weighted by molar-refractivity contribution is 6.33. The van der Waals surface area contributed by atoms with Crippen molar-refractivity contribution < 1.29 is 14.3 Å². The van der Waals surface area contributed by atoms with Crippen LogP contribution in [0.15, 0.2) is 121 Å². The Labute approximate surface area is 237 Å². The van der Waals surface area contributed by atoms with Crippen molar-refractivity contribution >= 4 is 23.6 Å². The van der Waals surface area contributed by atoms with Crippen LogP contribution < -0.4 is 10.9 Å². The lowest BCUT2D eigenvalue weighted by atomic mass is 9.98. The van der Waals surface area contributed by atoms with E-state index in [1.54, 1.807) is 18.2 Å². The van der Waals surface area contributed by atoms with Crippen molar-refractivity contribution in [3.8, 4) is 33.4 Å². The zero-order chi connectivity index (χ0) is 27.5. The molecule has 0 aromatic heterocycles. The summed E-state index contributed by atoms with van der Waals surface area (Å²) in [6.07, 6.45) is -0.735. The number of fused-ring (bicyclic) bond motifs is 3. The highest BCUT2D eigenvalue weighted by Crippen LogP contribution is 2.44. The van der Waals surface area contributed by atoms with Crippen molar-refractivity contribution in [1.29, 1.82) is 0 Å². The molecule has 5 aromatic carbocycles. The predicted molar refractivity (Wildman–Crippen MR) is 158 cm³/mol. The van der Waals surface area contributed by atoms with Crippen LogP contribution in [0.4, 0.5) is 4.79 Å². The van der Waals surface area contributed by atoms with Gasteiger partial charge >= 0.3 is 6.09 Å². The van der Waals surface area contributed by atoms with Crippen LogP contribution in [0.25, 0.3) is 33.4 Å². The summed E-state index contributed by atoms with van der Waals surface area (Å²) >= 11 is 6.47. The molecule has 1 aliphatic rings. The highest BCUT2D eigenvalue weighted by atomic mass is 35.5. The maximum absolute atomic E-state index is 12.8. The zero-order valence-corrected chi connectivity index (χ0v) is 22.2. The fraction of sp³-hybridized carbons (Fsp3) is 0.0588. The fourth-order valence-electron chi connectivity index (χ4n) is 5.18. The Hall–Kier alpha value is -4.87. The molecule has 0 unspecified atom stereocenters. The number of ether oxygens (including phenoxy) is 1. The third kappa shape index (κ3) is 5.07. The molecule has 0 saturated carbocycles. The van der Waals surface area contributed by atoms with Crippen molar-refractivity contribution in [1.82, 2.24) is 10.9 Å². The van der Waals surface area contributed by atoms with E-state index >= 15 is 0 Å². The molecule has 6 rings (SSSR count). The van der Waals surface area contributed by atoms with E-state index in [9.17, 15) is 9.59 Å². The summed E-state index contributed by atoms with van der Waals surface area (Å²) in [5, 5.41) is 0.522. The third-order valence-electron chi connectivity index (χ3n) is 7.15. The normalized spacial score (nSPS) is 11.8. The van der Waals surface area contributed by atoms with Gasteiger partial charge in [-0.25, -0.2) is 10.2 Å². The average molecular weight is 545 g/mol.